The molecule has 1 fully saturated rings. The molecule has 0 amide bonds. The van der Waals surface area contributed by atoms with Gasteiger partial charge in [-0.2, -0.15) is 0 Å². The maximum absolute atomic E-state index is 5.08. The fraction of sp³-hybridized carbons (Fsp3) is 0.233. The molecule has 176 valence electrons. The van der Waals surface area contributed by atoms with E-state index in [-0.39, 0.29) is 0 Å². The molecule has 5 heteroatoms. The van der Waals surface area contributed by atoms with E-state index in [2.05, 4.69) is 100 Å². The number of aromatic nitrogens is 2. The van der Waals surface area contributed by atoms with E-state index >= 15 is 0 Å². The van der Waals surface area contributed by atoms with Gasteiger partial charge in [0, 0.05) is 34.3 Å². The summed E-state index contributed by atoms with van der Waals surface area (Å²) in [4.78, 5) is 12.6. The third-order valence-corrected chi connectivity index (χ3v) is 7.71. The zero-order valence-electron chi connectivity index (χ0n) is 20.1. The Labute approximate surface area is 210 Å². The second kappa shape index (κ2) is 9.76. The van der Waals surface area contributed by atoms with Crippen molar-refractivity contribution in [2.24, 2.45) is 0 Å². The summed E-state index contributed by atoms with van der Waals surface area (Å²) >= 11 is 1.77. The first-order valence-corrected chi connectivity index (χ1v) is 13.6. The Bertz CT molecular complexity index is 1510. The number of likely N-dealkylation sites (tertiary alicyclic amines) is 1. The first-order chi connectivity index (χ1) is 17.3. The first kappa shape index (κ1) is 22.2. The minimum Gasteiger partial charge on any atom is -0.381 e. The van der Waals surface area contributed by atoms with E-state index in [4.69, 9.17) is 4.98 Å². The fourth-order valence-corrected chi connectivity index (χ4v) is 5.48. The molecule has 0 unspecified atom stereocenters. The van der Waals surface area contributed by atoms with E-state index in [1.54, 1.807) is 11.8 Å². The van der Waals surface area contributed by atoms with Gasteiger partial charge in [0.2, 0.25) is 0 Å². The molecule has 2 N–H and O–H groups in total. The molecule has 1 aliphatic heterocycles. The number of hydrogen-bond donors (Lipinski definition) is 2. The van der Waals surface area contributed by atoms with Crippen molar-refractivity contribution in [3.8, 4) is 0 Å². The van der Waals surface area contributed by atoms with Gasteiger partial charge in [-0.25, -0.2) is 4.98 Å². The van der Waals surface area contributed by atoms with Crippen molar-refractivity contribution in [1.82, 2.24) is 14.9 Å². The molecular formula is C30H30N4S. The Balaban J connectivity index is 1.40. The fourth-order valence-electron chi connectivity index (χ4n) is 5.07. The van der Waals surface area contributed by atoms with Crippen LogP contribution in [0.5, 0.6) is 0 Å². The zero-order chi connectivity index (χ0) is 23.6. The Kier molecular flexibility index (Phi) is 6.19. The average molecular weight is 479 g/mol. The van der Waals surface area contributed by atoms with Crippen LogP contribution in [0.3, 0.4) is 0 Å². The van der Waals surface area contributed by atoms with E-state index in [0.717, 1.165) is 46.2 Å². The highest BCUT2D eigenvalue weighted by molar-refractivity contribution is 7.98. The number of H-pyrrole nitrogens is 1. The molecule has 0 aliphatic carbocycles. The Morgan fingerprint density at radius 3 is 2.54 bits per heavy atom. The lowest BCUT2D eigenvalue weighted by Crippen LogP contribution is -2.26. The maximum atomic E-state index is 5.08. The van der Waals surface area contributed by atoms with Crippen LogP contribution in [0, 0.1) is 0 Å². The van der Waals surface area contributed by atoms with Crippen LogP contribution in [0.15, 0.2) is 71.6 Å². The third kappa shape index (κ3) is 4.54. The number of para-hydroxylation sites is 1. The number of hydrogen-bond acceptors (Lipinski definition) is 4. The number of fused-ring (bicyclic) bond motifs is 4. The molecule has 35 heavy (non-hydrogen) atoms. The summed E-state index contributed by atoms with van der Waals surface area (Å²) in [5.41, 5.74) is 7.80. The third-order valence-electron chi connectivity index (χ3n) is 6.96. The van der Waals surface area contributed by atoms with Gasteiger partial charge in [0.1, 0.15) is 0 Å². The van der Waals surface area contributed by atoms with Gasteiger partial charge in [0.15, 0.2) is 0 Å². The average Bonchev–Trinajstić information content (AvgIpc) is 3.55. The minimum atomic E-state index is 0.922. The number of benzene rings is 3. The summed E-state index contributed by atoms with van der Waals surface area (Å²) in [5, 5.41) is 6.12. The van der Waals surface area contributed by atoms with E-state index < -0.39 is 0 Å². The minimum absolute atomic E-state index is 0.922. The quantitative estimate of drug-likeness (QED) is 0.191. The standard InChI is InChI=1S/C30H30N4S/c1-35-23-13-10-21(11-14-23)8-9-22-12-15-27-25(20-22)28(31-16-19-34-17-4-5-18-34)30-29(32-27)24-6-2-3-7-26(24)33-30/h2-3,6-15,20,33H,4-5,16-19H2,1H3,(H,31,32)/b9-8+. The smallest absolute Gasteiger partial charge is 0.0986 e. The van der Waals surface area contributed by atoms with Gasteiger partial charge in [-0.15, -0.1) is 11.8 Å². The summed E-state index contributed by atoms with van der Waals surface area (Å²) in [6.07, 6.45) is 9.12. The van der Waals surface area contributed by atoms with Gasteiger partial charge in [-0.1, -0.05) is 48.6 Å². The van der Waals surface area contributed by atoms with Gasteiger partial charge < -0.3 is 15.2 Å². The number of nitrogens with one attached hydrogen (secondary N) is 2. The highest BCUT2D eigenvalue weighted by atomic mass is 32.2. The molecule has 0 spiro atoms. The Hall–Kier alpha value is -3.28. The van der Waals surface area contributed by atoms with Crippen LogP contribution in [-0.2, 0) is 0 Å². The lowest BCUT2D eigenvalue weighted by molar-refractivity contribution is 0.353. The molecule has 0 radical (unpaired) electrons. The lowest BCUT2D eigenvalue weighted by atomic mass is 10.1. The Morgan fingerprint density at radius 2 is 1.71 bits per heavy atom. The van der Waals surface area contributed by atoms with Crippen molar-refractivity contribution < 1.29 is 0 Å². The summed E-state index contributed by atoms with van der Waals surface area (Å²) in [7, 11) is 0. The van der Waals surface area contributed by atoms with Gasteiger partial charge in [-0.05, 0) is 73.6 Å². The van der Waals surface area contributed by atoms with Gasteiger partial charge in [0.25, 0.3) is 0 Å². The molecule has 4 nitrogen and oxygen atoms in total. The van der Waals surface area contributed by atoms with Gasteiger partial charge in [0.05, 0.1) is 22.2 Å². The first-order valence-electron chi connectivity index (χ1n) is 12.4. The number of pyridine rings is 1. The number of anilines is 1. The van der Waals surface area contributed by atoms with E-state index in [1.165, 1.54) is 47.3 Å². The van der Waals surface area contributed by atoms with Crippen LogP contribution < -0.4 is 5.32 Å². The summed E-state index contributed by atoms with van der Waals surface area (Å²) in [6.45, 7) is 4.42. The molecule has 0 bridgehead atoms. The monoisotopic (exact) mass is 478 g/mol. The number of nitrogens with zero attached hydrogens (tertiary/aromatic N) is 2. The molecule has 1 saturated heterocycles. The summed E-state index contributed by atoms with van der Waals surface area (Å²) < 4.78 is 0. The van der Waals surface area contributed by atoms with Crippen LogP contribution in [0.4, 0.5) is 5.69 Å². The molecule has 3 aromatic carbocycles. The van der Waals surface area contributed by atoms with Crippen LogP contribution in [0.1, 0.15) is 24.0 Å². The van der Waals surface area contributed by atoms with E-state index in [9.17, 15) is 0 Å². The second-order valence-electron chi connectivity index (χ2n) is 9.24. The number of rotatable bonds is 7. The van der Waals surface area contributed by atoms with Crippen molar-refractivity contribution in [3.05, 3.63) is 77.9 Å². The maximum Gasteiger partial charge on any atom is 0.0986 e. The van der Waals surface area contributed by atoms with Crippen molar-refractivity contribution in [1.29, 1.82) is 0 Å². The largest absolute Gasteiger partial charge is 0.381 e. The number of aromatic amines is 1. The van der Waals surface area contributed by atoms with Crippen molar-refractivity contribution in [2.45, 2.75) is 17.7 Å². The van der Waals surface area contributed by atoms with Crippen LogP contribution in [-0.4, -0.2) is 47.3 Å². The van der Waals surface area contributed by atoms with Crippen molar-refractivity contribution >= 4 is 62.4 Å². The molecule has 2 aromatic heterocycles. The normalized spacial score (nSPS) is 14.7. The predicted molar refractivity (Wildman–Crippen MR) is 152 cm³/mol. The van der Waals surface area contributed by atoms with E-state index in [0.29, 0.717) is 0 Å². The summed E-state index contributed by atoms with van der Waals surface area (Å²) in [5.74, 6) is 0. The van der Waals surface area contributed by atoms with Crippen LogP contribution in [0.2, 0.25) is 0 Å². The highest BCUT2D eigenvalue weighted by Crippen LogP contribution is 2.35. The van der Waals surface area contributed by atoms with Gasteiger partial charge in [-0.3, -0.25) is 0 Å². The van der Waals surface area contributed by atoms with E-state index in [1.807, 2.05) is 0 Å². The predicted octanol–water partition coefficient (Wildman–Crippen LogP) is 7.27. The highest BCUT2D eigenvalue weighted by Gasteiger charge is 2.15. The molecule has 6 rings (SSSR count). The molecule has 5 aromatic rings. The molecular weight excluding hydrogens is 448 g/mol. The van der Waals surface area contributed by atoms with Crippen molar-refractivity contribution in [3.63, 3.8) is 0 Å². The zero-order valence-corrected chi connectivity index (χ0v) is 20.9. The molecule has 0 atom stereocenters. The topological polar surface area (TPSA) is 44.0 Å². The van der Waals surface area contributed by atoms with Crippen LogP contribution >= 0.6 is 11.8 Å². The van der Waals surface area contributed by atoms with Crippen molar-refractivity contribution in [2.75, 3.05) is 37.8 Å². The van der Waals surface area contributed by atoms with Gasteiger partial charge >= 0.3 is 0 Å². The lowest BCUT2D eigenvalue weighted by Gasteiger charge is -2.17. The summed E-state index contributed by atoms with van der Waals surface area (Å²) in [6, 6.07) is 23.7. The molecule has 3 heterocycles. The SMILES string of the molecule is CSc1ccc(/C=C/c2ccc3nc4c([nH]c5ccccc54)c(NCCN4CCCC4)c3c2)cc1. The second-order valence-corrected chi connectivity index (χ2v) is 10.1. The molecule has 1 aliphatic rings. The number of thioether (sulfide) groups is 1. The Morgan fingerprint density at radius 1 is 0.943 bits per heavy atom. The van der Waals surface area contributed by atoms with Crippen LogP contribution in [0.25, 0.3) is 45.0 Å². The molecule has 0 saturated carbocycles.